The number of nitrogens with zero attached hydrogens (tertiary/aromatic N) is 1. The minimum absolute atomic E-state index is 0.0826. The number of aryl methyl sites for hydroxylation is 2. The van der Waals surface area contributed by atoms with Gasteiger partial charge in [0, 0.05) is 0 Å². The SMILES string of the molecule is Cc1ccc(OCCC(=O)ON2C(=O)c3ccccc3C2=O)c(C)c1. The molecule has 0 aromatic heterocycles. The number of carbonyl (C=O) groups excluding carboxylic acids is 3. The summed E-state index contributed by atoms with van der Waals surface area (Å²) < 4.78 is 5.55. The van der Waals surface area contributed by atoms with Gasteiger partial charge in [-0.05, 0) is 37.6 Å². The molecule has 0 saturated carbocycles. The minimum atomic E-state index is -0.709. The lowest BCUT2D eigenvalue weighted by Gasteiger charge is -2.13. The van der Waals surface area contributed by atoms with Gasteiger partial charge in [-0.25, -0.2) is 4.79 Å². The van der Waals surface area contributed by atoms with Crippen molar-refractivity contribution < 1.29 is 24.0 Å². The summed E-state index contributed by atoms with van der Waals surface area (Å²) in [5, 5.41) is 0.504. The molecule has 0 radical (unpaired) electrons. The zero-order valence-electron chi connectivity index (χ0n) is 13.9. The molecule has 2 aromatic carbocycles. The molecule has 0 spiro atoms. The normalized spacial score (nSPS) is 13.0. The molecule has 3 rings (SSSR count). The number of fused-ring (bicyclic) bond motifs is 1. The molecule has 0 atom stereocenters. The fourth-order valence-electron chi connectivity index (χ4n) is 2.60. The molecule has 1 heterocycles. The summed E-state index contributed by atoms with van der Waals surface area (Å²) in [4.78, 5) is 41.1. The third kappa shape index (κ3) is 3.38. The van der Waals surface area contributed by atoms with Gasteiger partial charge in [0.05, 0.1) is 24.2 Å². The highest BCUT2D eigenvalue weighted by Gasteiger charge is 2.38. The highest BCUT2D eigenvalue weighted by molar-refractivity contribution is 6.20. The van der Waals surface area contributed by atoms with Gasteiger partial charge in [0.1, 0.15) is 5.75 Å². The van der Waals surface area contributed by atoms with Crippen LogP contribution >= 0.6 is 0 Å². The van der Waals surface area contributed by atoms with Crippen LogP contribution in [-0.2, 0) is 9.63 Å². The van der Waals surface area contributed by atoms with E-state index in [1.54, 1.807) is 12.1 Å². The Morgan fingerprint density at radius 3 is 2.24 bits per heavy atom. The minimum Gasteiger partial charge on any atom is -0.493 e. The molecule has 6 heteroatoms. The molecule has 2 amide bonds. The first-order chi connectivity index (χ1) is 12.0. The van der Waals surface area contributed by atoms with Gasteiger partial charge in [0.2, 0.25) is 0 Å². The predicted molar refractivity (Wildman–Crippen MR) is 89.1 cm³/mol. The molecular weight excluding hydrogens is 322 g/mol. The largest absolute Gasteiger partial charge is 0.493 e. The van der Waals surface area contributed by atoms with E-state index < -0.39 is 17.8 Å². The average Bonchev–Trinajstić information content (AvgIpc) is 2.82. The van der Waals surface area contributed by atoms with Crippen LogP contribution in [0.3, 0.4) is 0 Å². The van der Waals surface area contributed by atoms with E-state index in [4.69, 9.17) is 9.57 Å². The molecule has 0 N–H and O–H groups in total. The molecule has 0 fully saturated rings. The Hall–Kier alpha value is -3.15. The average molecular weight is 339 g/mol. The van der Waals surface area contributed by atoms with Gasteiger partial charge in [-0.1, -0.05) is 34.9 Å². The molecule has 0 unspecified atom stereocenters. The standard InChI is InChI=1S/C19H17NO5/c1-12-7-8-16(13(2)11-12)24-10-9-17(21)25-20-18(22)14-5-3-4-6-15(14)19(20)23/h3-8,11H,9-10H2,1-2H3. The van der Waals surface area contributed by atoms with Gasteiger partial charge in [0.25, 0.3) is 11.8 Å². The van der Waals surface area contributed by atoms with Crippen LogP contribution in [0.15, 0.2) is 42.5 Å². The number of amides is 2. The summed E-state index contributed by atoms with van der Waals surface area (Å²) in [7, 11) is 0. The number of hydrogen-bond donors (Lipinski definition) is 0. The molecular formula is C19H17NO5. The lowest BCUT2D eigenvalue weighted by Crippen LogP contribution is -2.33. The summed E-state index contributed by atoms with van der Waals surface area (Å²) in [6.07, 6.45) is -0.0826. The predicted octanol–water partition coefficient (Wildman–Crippen LogP) is 2.83. The van der Waals surface area contributed by atoms with Crippen molar-refractivity contribution in [2.24, 2.45) is 0 Å². The van der Waals surface area contributed by atoms with Crippen LogP contribution in [-0.4, -0.2) is 29.5 Å². The summed E-state index contributed by atoms with van der Waals surface area (Å²) in [5.74, 6) is -1.30. The fourth-order valence-corrected chi connectivity index (χ4v) is 2.60. The van der Waals surface area contributed by atoms with Crippen molar-refractivity contribution in [2.45, 2.75) is 20.3 Å². The maximum absolute atomic E-state index is 12.1. The second-order valence-corrected chi connectivity index (χ2v) is 5.78. The zero-order valence-corrected chi connectivity index (χ0v) is 13.9. The molecule has 0 aliphatic carbocycles. The monoisotopic (exact) mass is 339 g/mol. The second-order valence-electron chi connectivity index (χ2n) is 5.78. The number of imide groups is 1. The first kappa shape index (κ1) is 16.7. The highest BCUT2D eigenvalue weighted by Crippen LogP contribution is 2.23. The van der Waals surface area contributed by atoms with Gasteiger partial charge < -0.3 is 9.57 Å². The fraction of sp³-hybridized carbons (Fsp3) is 0.211. The molecule has 0 saturated heterocycles. The molecule has 6 nitrogen and oxygen atoms in total. The van der Waals surface area contributed by atoms with Crippen molar-refractivity contribution in [1.82, 2.24) is 5.06 Å². The van der Waals surface area contributed by atoms with E-state index in [9.17, 15) is 14.4 Å². The van der Waals surface area contributed by atoms with Crippen molar-refractivity contribution in [3.8, 4) is 5.75 Å². The molecule has 128 valence electrons. The van der Waals surface area contributed by atoms with Gasteiger partial charge in [-0.2, -0.15) is 0 Å². The Balaban J connectivity index is 1.55. The number of ether oxygens (including phenoxy) is 1. The van der Waals surface area contributed by atoms with E-state index in [0.29, 0.717) is 10.8 Å². The van der Waals surface area contributed by atoms with Crippen LogP contribution in [0, 0.1) is 13.8 Å². The van der Waals surface area contributed by atoms with E-state index in [0.717, 1.165) is 11.1 Å². The van der Waals surface area contributed by atoms with E-state index in [1.807, 2.05) is 32.0 Å². The zero-order chi connectivity index (χ0) is 18.0. The van der Waals surface area contributed by atoms with E-state index in [-0.39, 0.29) is 24.2 Å². The quantitative estimate of drug-likeness (QED) is 0.783. The highest BCUT2D eigenvalue weighted by atomic mass is 16.7. The van der Waals surface area contributed by atoms with E-state index in [2.05, 4.69) is 0 Å². The van der Waals surface area contributed by atoms with Crippen LogP contribution < -0.4 is 4.74 Å². The number of hydrogen-bond acceptors (Lipinski definition) is 5. The number of rotatable bonds is 5. The first-order valence-electron chi connectivity index (χ1n) is 7.86. The van der Waals surface area contributed by atoms with Gasteiger partial charge >= 0.3 is 5.97 Å². The summed E-state index contributed by atoms with van der Waals surface area (Å²) >= 11 is 0. The van der Waals surface area contributed by atoms with Gasteiger partial charge in [-0.15, -0.1) is 0 Å². The Kier molecular flexibility index (Phi) is 4.52. The molecule has 25 heavy (non-hydrogen) atoms. The Bertz CT molecular complexity index is 824. The Morgan fingerprint density at radius 2 is 1.64 bits per heavy atom. The Labute approximate surface area is 144 Å². The maximum atomic E-state index is 12.1. The van der Waals surface area contributed by atoms with Crippen LogP contribution in [0.5, 0.6) is 5.75 Å². The van der Waals surface area contributed by atoms with Crippen LogP contribution in [0.1, 0.15) is 38.3 Å². The summed E-state index contributed by atoms with van der Waals surface area (Å²) in [6, 6.07) is 12.1. The third-order valence-corrected chi connectivity index (χ3v) is 3.84. The molecule has 1 aliphatic heterocycles. The molecule has 2 aromatic rings. The summed E-state index contributed by atoms with van der Waals surface area (Å²) in [6.45, 7) is 3.99. The van der Waals surface area contributed by atoms with Crippen molar-refractivity contribution >= 4 is 17.8 Å². The lowest BCUT2D eigenvalue weighted by molar-refractivity contribution is -0.169. The number of benzene rings is 2. The van der Waals surface area contributed by atoms with Gasteiger partial charge in [-0.3, -0.25) is 9.59 Å². The number of carbonyl (C=O) groups is 3. The maximum Gasteiger partial charge on any atom is 0.336 e. The smallest absolute Gasteiger partial charge is 0.336 e. The van der Waals surface area contributed by atoms with E-state index >= 15 is 0 Å². The van der Waals surface area contributed by atoms with Crippen molar-refractivity contribution in [3.05, 3.63) is 64.7 Å². The summed E-state index contributed by atoms with van der Waals surface area (Å²) in [5.41, 5.74) is 2.54. The number of hydroxylamine groups is 2. The third-order valence-electron chi connectivity index (χ3n) is 3.84. The molecule has 0 bridgehead atoms. The van der Waals surface area contributed by atoms with Crippen molar-refractivity contribution in [1.29, 1.82) is 0 Å². The Morgan fingerprint density at radius 1 is 1.00 bits per heavy atom. The molecule has 1 aliphatic rings. The first-order valence-corrected chi connectivity index (χ1v) is 7.86. The second kappa shape index (κ2) is 6.76. The van der Waals surface area contributed by atoms with E-state index in [1.165, 1.54) is 12.1 Å². The van der Waals surface area contributed by atoms with Crippen LogP contribution in [0.4, 0.5) is 0 Å². The van der Waals surface area contributed by atoms with Gasteiger partial charge in [0.15, 0.2) is 0 Å². The lowest BCUT2D eigenvalue weighted by atomic mass is 10.1. The van der Waals surface area contributed by atoms with Crippen LogP contribution in [0.2, 0.25) is 0 Å². The topological polar surface area (TPSA) is 72.9 Å². The van der Waals surface area contributed by atoms with Crippen molar-refractivity contribution in [2.75, 3.05) is 6.61 Å². The van der Waals surface area contributed by atoms with Crippen molar-refractivity contribution in [3.63, 3.8) is 0 Å². The van der Waals surface area contributed by atoms with Crippen LogP contribution in [0.25, 0.3) is 0 Å².